The van der Waals surface area contributed by atoms with Crippen LogP contribution < -0.4 is 14.8 Å². The van der Waals surface area contributed by atoms with E-state index in [2.05, 4.69) is 12.2 Å². The average Bonchev–Trinajstić information content (AvgIpc) is 3.39. The van der Waals surface area contributed by atoms with E-state index in [4.69, 9.17) is 14.6 Å². The fraction of sp³-hybridized carbons (Fsp3) is 0.464. The quantitative estimate of drug-likeness (QED) is 0.515. The predicted molar refractivity (Wildman–Crippen MR) is 137 cm³/mol. The van der Waals surface area contributed by atoms with Gasteiger partial charge in [0.2, 0.25) is 11.8 Å². The summed E-state index contributed by atoms with van der Waals surface area (Å²) >= 11 is 0. The number of nitrogens with one attached hydrogen (secondary N) is 1. The first-order chi connectivity index (χ1) is 17.0. The summed E-state index contributed by atoms with van der Waals surface area (Å²) < 4.78 is 11.9. The van der Waals surface area contributed by atoms with Crippen molar-refractivity contribution in [2.45, 2.75) is 71.4 Å². The Morgan fingerprint density at radius 1 is 1.09 bits per heavy atom. The molecule has 0 bridgehead atoms. The van der Waals surface area contributed by atoms with E-state index in [0.29, 0.717) is 25.1 Å². The molecule has 4 rings (SSSR count). The van der Waals surface area contributed by atoms with Gasteiger partial charge in [-0.25, -0.2) is 5.01 Å². The van der Waals surface area contributed by atoms with Crippen LogP contribution in [0.1, 0.15) is 69.9 Å². The third kappa shape index (κ3) is 6.02. The standard InChI is InChI=1S/C28H35N3O4/c1-4-20-17-27(33)31(18-19-10-13-22(14-11-19)29-26(32)5-2)30-28(20)21-12-15-24(34-3)25(16-21)35-23-8-6-7-9-23/h10-16,20,23H,4-9,17-18H2,1-3H3,(H,29,32). The third-order valence-corrected chi connectivity index (χ3v) is 6.76. The molecule has 1 fully saturated rings. The Labute approximate surface area is 207 Å². The topological polar surface area (TPSA) is 80.2 Å². The second kappa shape index (κ2) is 11.4. The maximum atomic E-state index is 12.9. The molecule has 186 valence electrons. The summed E-state index contributed by atoms with van der Waals surface area (Å²) in [4.78, 5) is 24.5. The molecule has 0 spiro atoms. The van der Waals surface area contributed by atoms with Crippen molar-refractivity contribution < 1.29 is 19.1 Å². The Morgan fingerprint density at radius 2 is 1.83 bits per heavy atom. The molecule has 1 aliphatic carbocycles. The van der Waals surface area contributed by atoms with Crippen molar-refractivity contribution in [3.63, 3.8) is 0 Å². The first-order valence-corrected chi connectivity index (χ1v) is 12.6. The number of carbonyl (C=O) groups is 2. The molecule has 2 aliphatic rings. The number of rotatable bonds is 9. The van der Waals surface area contributed by atoms with E-state index in [1.807, 2.05) is 49.4 Å². The second-order valence-corrected chi connectivity index (χ2v) is 9.23. The van der Waals surface area contributed by atoms with Gasteiger partial charge in [-0.3, -0.25) is 9.59 Å². The van der Waals surface area contributed by atoms with E-state index < -0.39 is 0 Å². The summed E-state index contributed by atoms with van der Waals surface area (Å²) in [7, 11) is 1.66. The molecule has 0 aromatic heterocycles. The van der Waals surface area contributed by atoms with E-state index in [9.17, 15) is 9.59 Å². The fourth-order valence-corrected chi connectivity index (χ4v) is 4.66. The Hall–Kier alpha value is -3.35. The van der Waals surface area contributed by atoms with Gasteiger partial charge in [0.15, 0.2) is 11.5 Å². The van der Waals surface area contributed by atoms with Gasteiger partial charge in [-0.1, -0.05) is 26.0 Å². The van der Waals surface area contributed by atoms with Crippen molar-refractivity contribution in [2.75, 3.05) is 12.4 Å². The van der Waals surface area contributed by atoms with E-state index in [-0.39, 0.29) is 23.8 Å². The SMILES string of the molecule is CCC(=O)Nc1ccc(CN2N=C(c3ccc(OC)c(OC4CCCC4)c3)C(CC)CC2=O)cc1. The number of hydrogen-bond acceptors (Lipinski definition) is 5. The highest BCUT2D eigenvalue weighted by molar-refractivity contribution is 6.06. The smallest absolute Gasteiger partial charge is 0.243 e. The van der Waals surface area contributed by atoms with Crippen LogP contribution in [0.15, 0.2) is 47.6 Å². The molecule has 0 radical (unpaired) electrons. The lowest BCUT2D eigenvalue weighted by molar-refractivity contribution is -0.133. The summed E-state index contributed by atoms with van der Waals surface area (Å²) in [5.74, 6) is 1.49. The number of carbonyl (C=O) groups excluding carboxylic acids is 2. The predicted octanol–water partition coefficient (Wildman–Crippen LogP) is 5.53. The van der Waals surface area contributed by atoms with Crippen LogP contribution in [-0.4, -0.2) is 35.7 Å². The molecule has 2 aromatic rings. The zero-order valence-corrected chi connectivity index (χ0v) is 20.9. The molecule has 1 N–H and O–H groups in total. The second-order valence-electron chi connectivity index (χ2n) is 9.23. The average molecular weight is 478 g/mol. The van der Waals surface area contributed by atoms with Crippen LogP contribution in [0.5, 0.6) is 11.5 Å². The van der Waals surface area contributed by atoms with Gasteiger partial charge in [0, 0.05) is 30.0 Å². The fourth-order valence-electron chi connectivity index (χ4n) is 4.66. The van der Waals surface area contributed by atoms with Crippen LogP contribution in [0.3, 0.4) is 0 Å². The van der Waals surface area contributed by atoms with Gasteiger partial charge >= 0.3 is 0 Å². The molecule has 1 heterocycles. The molecule has 7 nitrogen and oxygen atoms in total. The number of methoxy groups -OCH3 is 1. The molecular weight excluding hydrogens is 442 g/mol. The highest BCUT2D eigenvalue weighted by Crippen LogP contribution is 2.34. The molecule has 7 heteroatoms. The van der Waals surface area contributed by atoms with Gasteiger partial charge in [0.05, 0.1) is 25.5 Å². The van der Waals surface area contributed by atoms with Gasteiger partial charge in [0.1, 0.15) is 0 Å². The first kappa shape index (κ1) is 24.8. The number of hydrazone groups is 1. The van der Waals surface area contributed by atoms with Crippen LogP contribution in [0.25, 0.3) is 0 Å². The van der Waals surface area contributed by atoms with E-state index in [0.717, 1.165) is 47.5 Å². The highest BCUT2D eigenvalue weighted by Gasteiger charge is 2.30. The molecule has 1 unspecified atom stereocenters. The van der Waals surface area contributed by atoms with Crippen molar-refractivity contribution in [3.05, 3.63) is 53.6 Å². The lowest BCUT2D eigenvalue weighted by Crippen LogP contribution is -2.36. The molecule has 2 amide bonds. The van der Waals surface area contributed by atoms with Gasteiger partial charge in [0.25, 0.3) is 0 Å². The van der Waals surface area contributed by atoms with Crippen LogP contribution in [0, 0.1) is 5.92 Å². The number of benzene rings is 2. The minimum atomic E-state index is -0.0282. The van der Waals surface area contributed by atoms with Crippen molar-refractivity contribution in [3.8, 4) is 11.5 Å². The van der Waals surface area contributed by atoms with Gasteiger partial charge in [-0.2, -0.15) is 5.10 Å². The van der Waals surface area contributed by atoms with Gasteiger partial charge < -0.3 is 14.8 Å². The van der Waals surface area contributed by atoms with E-state index in [1.165, 1.54) is 12.8 Å². The molecule has 1 atom stereocenters. The van der Waals surface area contributed by atoms with Crippen LogP contribution in [-0.2, 0) is 16.1 Å². The van der Waals surface area contributed by atoms with E-state index in [1.54, 1.807) is 12.1 Å². The number of hydrogen-bond donors (Lipinski definition) is 1. The molecule has 2 aromatic carbocycles. The van der Waals surface area contributed by atoms with Gasteiger partial charge in [-0.05, 0) is 68.0 Å². The van der Waals surface area contributed by atoms with Gasteiger partial charge in [-0.15, -0.1) is 0 Å². The molecule has 35 heavy (non-hydrogen) atoms. The number of anilines is 1. The number of nitrogens with zero attached hydrogens (tertiary/aromatic N) is 2. The van der Waals surface area contributed by atoms with Crippen molar-refractivity contribution in [1.29, 1.82) is 0 Å². The molecule has 1 saturated carbocycles. The summed E-state index contributed by atoms with van der Waals surface area (Å²) in [6, 6.07) is 13.5. The summed E-state index contributed by atoms with van der Waals surface area (Å²) in [6.07, 6.45) is 6.42. The van der Waals surface area contributed by atoms with Crippen LogP contribution >= 0.6 is 0 Å². The first-order valence-electron chi connectivity index (χ1n) is 12.6. The molecule has 0 saturated heterocycles. The maximum absolute atomic E-state index is 12.9. The lowest BCUT2D eigenvalue weighted by atomic mass is 9.89. The van der Waals surface area contributed by atoms with Crippen LogP contribution in [0.2, 0.25) is 0 Å². The maximum Gasteiger partial charge on any atom is 0.243 e. The normalized spacial score (nSPS) is 18.4. The van der Waals surface area contributed by atoms with Crippen molar-refractivity contribution in [1.82, 2.24) is 5.01 Å². The zero-order valence-electron chi connectivity index (χ0n) is 20.9. The number of ether oxygens (including phenoxy) is 2. The Kier molecular flexibility index (Phi) is 8.06. The Bertz CT molecular complexity index is 1070. The Morgan fingerprint density at radius 3 is 2.49 bits per heavy atom. The van der Waals surface area contributed by atoms with Crippen LogP contribution in [0.4, 0.5) is 5.69 Å². The third-order valence-electron chi connectivity index (χ3n) is 6.76. The van der Waals surface area contributed by atoms with E-state index >= 15 is 0 Å². The van der Waals surface area contributed by atoms with Crippen molar-refractivity contribution in [2.24, 2.45) is 11.0 Å². The largest absolute Gasteiger partial charge is 0.493 e. The minimum Gasteiger partial charge on any atom is -0.493 e. The summed E-state index contributed by atoms with van der Waals surface area (Å²) in [5, 5.41) is 9.23. The highest BCUT2D eigenvalue weighted by atomic mass is 16.5. The molecular formula is C28H35N3O4. The number of amides is 2. The molecule has 1 aliphatic heterocycles. The van der Waals surface area contributed by atoms with Crippen molar-refractivity contribution >= 4 is 23.2 Å². The monoisotopic (exact) mass is 477 g/mol. The Balaban J connectivity index is 1.57. The summed E-state index contributed by atoms with van der Waals surface area (Å²) in [5.41, 5.74) is 3.55. The lowest BCUT2D eigenvalue weighted by Gasteiger charge is -2.29. The summed E-state index contributed by atoms with van der Waals surface area (Å²) in [6.45, 7) is 4.28. The zero-order chi connectivity index (χ0) is 24.8. The minimum absolute atomic E-state index is 0.0138.